The molecule has 0 amide bonds. The Bertz CT molecular complexity index is 259. The van der Waals surface area contributed by atoms with Crippen LogP contribution in [0.4, 0.5) is 0 Å². The molecule has 0 saturated heterocycles. The van der Waals surface area contributed by atoms with Gasteiger partial charge >= 0.3 is 11.9 Å². The van der Waals surface area contributed by atoms with Crippen LogP contribution in [0, 0.1) is 5.41 Å². The van der Waals surface area contributed by atoms with E-state index in [0.717, 1.165) is 0 Å². The maximum atomic E-state index is 11.6. The van der Waals surface area contributed by atoms with E-state index in [-0.39, 0.29) is 12.5 Å². The Kier molecular flexibility index (Phi) is 5.05. The fraction of sp³-hybridized carbons (Fsp3) is 0.636. The van der Waals surface area contributed by atoms with Crippen LogP contribution in [0.5, 0.6) is 0 Å². The predicted octanol–water partition coefficient (Wildman–Crippen LogP) is 2.00. The van der Waals surface area contributed by atoms with Gasteiger partial charge in [-0.05, 0) is 26.7 Å². The lowest BCUT2D eigenvalue weighted by molar-refractivity contribution is -0.170. The summed E-state index contributed by atoms with van der Waals surface area (Å²) >= 11 is 0. The maximum Gasteiger partial charge on any atom is 0.323 e. The number of carboxylic acids is 1. The van der Waals surface area contributed by atoms with Crippen molar-refractivity contribution in [3.8, 4) is 0 Å². The third-order valence-corrected chi connectivity index (χ3v) is 2.36. The molecular formula is C11H18O4. The third kappa shape index (κ3) is 3.38. The first-order chi connectivity index (χ1) is 6.88. The van der Waals surface area contributed by atoms with Gasteiger partial charge in [0, 0.05) is 0 Å². The first kappa shape index (κ1) is 13.7. The van der Waals surface area contributed by atoms with E-state index in [9.17, 15) is 9.59 Å². The average molecular weight is 214 g/mol. The van der Waals surface area contributed by atoms with E-state index in [0.29, 0.717) is 6.42 Å². The number of aliphatic carboxylic acids is 1. The van der Waals surface area contributed by atoms with Gasteiger partial charge in [-0.2, -0.15) is 0 Å². The highest BCUT2D eigenvalue weighted by atomic mass is 16.5. The van der Waals surface area contributed by atoms with Gasteiger partial charge in [0.25, 0.3) is 0 Å². The van der Waals surface area contributed by atoms with Crippen molar-refractivity contribution in [3.05, 3.63) is 12.7 Å². The fourth-order valence-corrected chi connectivity index (χ4v) is 0.943. The summed E-state index contributed by atoms with van der Waals surface area (Å²) in [6, 6.07) is 0. The molecular weight excluding hydrogens is 196 g/mol. The smallest absolute Gasteiger partial charge is 0.323 e. The Morgan fingerprint density at radius 2 is 2.13 bits per heavy atom. The minimum absolute atomic E-state index is 0.0671. The highest BCUT2D eigenvalue weighted by Gasteiger charge is 2.42. The number of carbonyl (C=O) groups is 2. The van der Waals surface area contributed by atoms with E-state index >= 15 is 0 Å². The summed E-state index contributed by atoms with van der Waals surface area (Å²) in [5.41, 5.74) is -1.52. The molecule has 1 N–H and O–H groups in total. The van der Waals surface area contributed by atoms with Gasteiger partial charge < -0.3 is 9.84 Å². The van der Waals surface area contributed by atoms with Crippen LogP contribution in [0.1, 0.15) is 33.6 Å². The monoisotopic (exact) mass is 214 g/mol. The van der Waals surface area contributed by atoms with Gasteiger partial charge in [0.2, 0.25) is 0 Å². The van der Waals surface area contributed by atoms with Crippen molar-refractivity contribution in [2.45, 2.75) is 39.7 Å². The molecule has 0 fully saturated rings. The molecule has 2 atom stereocenters. The molecule has 2 unspecified atom stereocenters. The van der Waals surface area contributed by atoms with Crippen LogP contribution in [0.3, 0.4) is 0 Å². The minimum Gasteiger partial charge on any atom is -0.480 e. The van der Waals surface area contributed by atoms with E-state index in [1.165, 1.54) is 13.0 Å². The Balaban J connectivity index is 4.70. The molecule has 4 nitrogen and oxygen atoms in total. The number of esters is 1. The molecule has 0 radical (unpaired) electrons. The fourth-order valence-electron chi connectivity index (χ4n) is 0.943. The first-order valence-electron chi connectivity index (χ1n) is 4.93. The van der Waals surface area contributed by atoms with Crippen molar-refractivity contribution >= 4 is 11.9 Å². The Hall–Kier alpha value is -1.32. The summed E-state index contributed by atoms with van der Waals surface area (Å²) in [5, 5.41) is 8.97. The predicted molar refractivity (Wildman–Crippen MR) is 56.4 cm³/mol. The van der Waals surface area contributed by atoms with Crippen molar-refractivity contribution in [1.29, 1.82) is 0 Å². The minimum atomic E-state index is -1.52. The van der Waals surface area contributed by atoms with Gasteiger partial charge in [-0.3, -0.25) is 9.59 Å². The molecule has 0 aliphatic heterocycles. The van der Waals surface area contributed by atoms with Crippen molar-refractivity contribution < 1.29 is 19.4 Å². The molecule has 0 heterocycles. The lowest BCUT2D eigenvalue weighted by Gasteiger charge is -2.23. The van der Waals surface area contributed by atoms with Crippen LogP contribution in [-0.4, -0.2) is 23.1 Å². The van der Waals surface area contributed by atoms with E-state index in [4.69, 9.17) is 9.84 Å². The van der Waals surface area contributed by atoms with Gasteiger partial charge in [-0.25, -0.2) is 0 Å². The molecule has 15 heavy (non-hydrogen) atoms. The standard InChI is InChI=1S/C11H18O4/c1-5-7-11(4,9(12)13)10(14)15-8(3)6-2/h5,8H,1,6-7H2,2-4H3,(H,12,13). The van der Waals surface area contributed by atoms with Crippen LogP contribution in [0.15, 0.2) is 12.7 Å². The molecule has 0 aliphatic rings. The van der Waals surface area contributed by atoms with Gasteiger partial charge in [-0.1, -0.05) is 13.0 Å². The summed E-state index contributed by atoms with van der Waals surface area (Å²) < 4.78 is 5.01. The van der Waals surface area contributed by atoms with Crippen LogP contribution in [0.25, 0.3) is 0 Å². The Morgan fingerprint density at radius 3 is 2.47 bits per heavy atom. The van der Waals surface area contributed by atoms with E-state index in [2.05, 4.69) is 6.58 Å². The zero-order valence-corrected chi connectivity index (χ0v) is 9.45. The summed E-state index contributed by atoms with van der Waals surface area (Å²) in [7, 11) is 0. The first-order valence-corrected chi connectivity index (χ1v) is 4.93. The second-order valence-corrected chi connectivity index (χ2v) is 3.75. The molecule has 0 spiro atoms. The molecule has 0 aromatic rings. The topological polar surface area (TPSA) is 63.6 Å². The molecule has 0 saturated carbocycles. The third-order valence-electron chi connectivity index (χ3n) is 2.36. The highest BCUT2D eigenvalue weighted by Crippen LogP contribution is 2.25. The van der Waals surface area contributed by atoms with Crippen LogP contribution in [0.2, 0.25) is 0 Å². The summed E-state index contributed by atoms with van der Waals surface area (Å²) in [6.07, 6.45) is 1.88. The van der Waals surface area contributed by atoms with Crippen LogP contribution in [-0.2, 0) is 14.3 Å². The number of hydrogen-bond donors (Lipinski definition) is 1. The van der Waals surface area contributed by atoms with Gasteiger partial charge in [0.15, 0.2) is 5.41 Å². The molecule has 4 heteroatoms. The zero-order valence-electron chi connectivity index (χ0n) is 9.45. The van der Waals surface area contributed by atoms with Gasteiger partial charge in [-0.15, -0.1) is 6.58 Å². The van der Waals surface area contributed by atoms with E-state index in [1.807, 2.05) is 6.92 Å². The van der Waals surface area contributed by atoms with Crippen LogP contribution >= 0.6 is 0 Å². The number of allylic oxidation sites excluding steroid dienone is 1. The van der Waals surface area contributed by atoms with Crippen LogP contribution < -0.4 is 0 Å². The number of carboxylic acid groups (broad SMARTS) is 1. The normalized spacial score (nSPS) is 16.2. The zero-order chi connectivity index (χ0) is 12.1. The Labute approximate surface area is 89.9 Å². The van der Waals surface area contributed by atoms with Crippen molar-refractivity contribution in [2.75, 3.05) is 0 Å². The second-order valence-electron chi connectivity index (χ2n) is 3.75. The number of hydrogen-bond acceptors (Lipinski definition) is 3. The average Bonchev–Trinajstić information content (AvgIpc) is 2.17. The molecule has 0 rings (SSSR count). The van der Waals surface area contributed by atoms with E-state index in [1.54, 1.807) is 6.92 Å². The molecule has 0 bridgehead atoms. The SMILES string of the molecule is C=CCC(C)(C(=O)O)C(=O)OC(C)CC. The number of ether oxygens (including phenoxy) is 1. The molecule has 86 valence electrons. The lowest BCUT2D eigenvalue weighted by Crippen LogP contribution is -2.38. The largest absolute Gasteiger partial charge is 0.480 e. The van der Waals surface area contributed by atoms with Gasteiger partial charge in [0.1, 0.15) is 0 Å². The number of rotatable bonds is 6. The second kappa shape index (κ2) is 5.53. The summed E-state index contributed by atoms with van der Waals surface area (Å²) in [6.45, 7) is 8.38. The quantitative estimate of drug-likeness (QED) is 0.417. The molecule has 0 aliphatic carbocycles. The maximum absolute atomic E-state index is 11.6. The van der Waals surface area contributed by atoms with Crippen molar-refractivity contribution in [1.82, 2.24) is 0 Å². The molecule has 0 aromatic heterocycles. The van der Waals surface area contributed by atoms with Gasteiger partial charge in [0.05, 0.1) is 6.10 Å². The Morgan fingerprint density at radius 1 is 1.60 bits per heavy atom. The number of carbonyl (C=O) groups excluding carboxylic acids is 1. The van der Waals surface area contributed by atoms with Crippen molar-refractivity contribution in [2.24, 2.45) is 5.41 Å². The summed E-state index contributed by atoms with van der Waals surface area (Å²) in [4.78, 5) is 22.6. The lowest BCUT2D eigenvalue weighted by atomic mass is 9.87. The van der Waals surface area contributed by atoms with E-state index < -0.39 is 17.4 Å². The van der Waals surface area contributed by atoms with Crippen molar-refractivity contribution in [3.63, 3.8) is 0 Å². The summed E-state index contributed by atoms with van der Waals surface area (Å²) in [5.74, 6) is -1.89. The highest BCUT2D eigenvalue weighted by molar-refractivity contribution is 5.98. The molecule has 0 aromatic carbocycles.